The van der Waals surface area contributed by atoms with Crippen LogP contribution < -0.4 is 10.1 Å². The molecule has 2 N–H and O–H groups in total. The average Bonchev–Trinajstić information content (AvgIpc) is 2.40. The summed E-state index contributed by atoms with van der Waals surface area (Å²) in [5.74, 6) is 1.41. The van der Waals surface area contributed by atoms with Gasteiger partial charge in [0.15, 0.2) is 0 Å². The number of ether oxygens (including phenoxy) is 1. The van der Waals surface area contributed by atoms with E-state index in [0.717, 1.165) is 11.3 Å². The molecule has 0 heterocycles. The maximum atomic E-state index is 9.80. The fourth-order valence-electron chi connectivity index (χ4n) is 1.57. The van der Waals surface area contributed by atoms with Gasteiger partial charge in [-0.1, -0.05) is 36.4 Å². The Bertz CT molecular complexity index is 471. The maximum absolute atomic E-state index is 9.80. The molecule has 0 aromatic heterocycles. The molecule has 2 aromatic rings. The van der Waals surface area contributed by atoms with E-state index in [1.807, 2.05) is 54.6 Å². The van der Waals surface area contributed by atoms with Gasteiger partial charge in [-0.05, 0) is 25.2 Å². The highest BCUT2D eigenvalue weighted by Gasteiger charge is 2.11. The minimum absolute atomic E-state index is 0.653. The standard InChI is InChI=1S/C14H15NO2/c1-15-14(16)12-9-5-6-10-13(12)17-11-7-3-2-4-8-11/h2-10,14-16H,1H3/t14-/m1/s1. The summed E-state index contributed by atoms with van der Waals surface area (Å²) in [6, 6.07) is 16.9. The fourth-order valence-corrected chi connectivity index (χ4v) is 1.57. The molecule has 0 fully saturated rings. The van der Waals surface area contributed by atoms with Crippen molar-refractivity contribution in [2.24, 2.45) is 0 Å². The number of hydrogen-bond acceptors (Lipinski definition) is 3. The molecule has 0 unspecified atom stereocenters. The predicted octanol–water partition coefficient (Wildman–Crippen LogP) is 2.69. The van der Waals surface area contributed by atoms with Gasteiger partial charge < -0.3 is 9.84 Å². The Labute approximate surface area is 101 Å². The highest BCUT2D eigenvalue weighted by atomic mass is 16.5. The molecule has 88 valence electrons. The van der Waals surface area contributed by atoms with Gasteiger partial charge in [-0.2, -0.15) is 0 Å². The molecular weight excluding hydrogens is 214 g/mol. The number of aliphatic hydroxyl groups excluding tert-OH is 1. The molecule has 0 spiro atoms. The summed E-state index contributed by atoms with van der Waals surface area (Å²) < 4.78 is 5.73. The van der Waals surface area contributed by atoms with Gasteiger partial charge in [0.1, 0.15) is 17.7 Å². The summed E-state index contributed by atoms with van der Waals surface area (Å²) in [4.78, 5) is 0. The van der Waals surface area contributed by atoms with E-state index < -0.39 is 6.23 Å². The van der Waals surface area contributed by atoms with Gasteiger partial charge in [-0.15, -0.1) is 0 Å². The van der Waals surface area contributed by atoms with Crippen LogP contribution in [0.2, 0.25) is 0 Å². The summed E-state index contributed by atoms with van der Waals surface area (Å²) in [7, 11) is 1.70. The Balaban J connectivity index is 2.27. The van der Waals surface area contributed by atoms with Crippen molar-refractivity contribution in [2.75, 3.05) is 7.05 Å². The van der Waals surface area contributed by atoms with Crippen LogP contribution in [0.15, 0.2) is 54.6 Å². The van der Waals surface area contributed by atoms with Crippen LogP contribution in [-0.4, -0.2) is 12.2 Å². The minimum atomic E-state index is -0.727. The van der Waals surface area contributed by atoms with E-state index in [-0.39, 0.29) is 0 Å². The molecule has 0 aliphatic heterocycles. The zero-order valence-electron chi connectivity index (χ0n) is 9.63. The Kier molecular flexibility index (Phi) is 3.75. The molecule has 0 radical (unpaired) electrons. The topological polar surface area (TPSA) is 41.5 Å². The summed E-state index contributed by atoms with van der Waals surface area (Å²) in [6.45, 7) is 0. The Morgan fingerprint density at radius 3 is 2.35 bits per heavy atom. The molecule has 2 rings (SSSR count). The highest BCUT2D eigenvalue weighted by Crippen LogP contribution is 2.28. The molecule has 0 amide bonds. The van der Waals surface area contributed by atoms with E-state index in [4.69, 9.17) is 4.74 Å². The third-order valence-corrected chi connectivity index (χ3v) is 2.46. The van der Waals surface area contributed by atoms with E-state index >= 15 is 0 Å². The van der Waals surface area contributed by atoms with Crippen LogP contribution in [0.3, 0.4) is 0 Å². The van der Waals surface area contributed by atoms with Gasteiger partial charge in [0.05, 0.1) is 0 Å². The van der Waals surface area contributed by atoms with Crippen molar-refractivity contribution in [3.05, 3.63) is 60.2 Å². The van der Waals surface area contributed by atoms with Crippen molar-refractivity contribution in [1.29, 1.82) is 0 Å². The quantitative estimate of drug-likeness (QED) is 0.792. The van der Waals surface area contributed by atoms with Crippen molar-refractivity contribution in [3.63, 3.8) is 0 Å². The summed E-state index contributed by atoms with van der Waals surface area (Å²) in [6.07, 6.45) is -0.727. The van der Waals surface area contributed by atoms with E-state index in [2.05, 4.69) is 5.32 Å². The van der Waals surface area contributed by atoms with Crippen LogP contribution in [0, 0.1) is 0 Å². The average molecular weight is 229 g/mol. The van der Waals surface area contributed by atoms with E-state index in [9.17, 15) is 5.11 Å². The normalized spacial score (nSPS) is 12.1. The SMILES string of the molecule is CN[C@H](O)c1ccccc1Oc1ccccc1. The monoisotopic (exact) mass is 229 g/mol. The van der Waals surface area contributed by atoms with Crippen molar-refractivity contribution < 1.29 is 9.84 Å². The molecule has 17 heavy (non-hydrogen) atoms. The first kappa shape index (κ1) is 11.6. The lowest BCUT2D eigenvalue weighted by Gasteiger charge is -2.15. The Hall–Kier alpha value is -1.84. The lowest BCUT2D eigenvalue weighted by Crippen LogP contribution is -2.15. The van der Waals surface area contributed by atoms with Gasteiger partial charge in [0, 0.05) is 5.56 Å². The van der Waals surface area contributed by atoms with Crippen LogP contribution in [0.5, 0.6) is 11.5 Å². The predicted molar refractivity (Wildman–Crippen MR) is 67.0 cm³/mol. The molecule has 2 aromatic carbocycles. The fraction of sp³-hybridized carbons (Fsp3) is 0.143. The third kappa shape index (κ3) is 2.84. The lowest BCUT2D eigenvalue weighted by molar-refractivity contribution is 0.146. The molecule has 3 nitrogen and oxygen atoms in total. The smallest absolute Gasteiger partial charge is 0.134 e. The first-order chi connectivity index (χ1) is 8.31. The highest BCUT2D eigenvalue weighted by molar-refractivity contribution is 5.38. The summed E-state index contributed by atoms with van der Waals surface area (Å²) in [5.41, 5.74) is 0.721. The van der Waals surface area contributed by atoms with Crippen molar-refractivity contribution >= 4 is 0 Å². The van der Waals surface area contributed by atoms with E-state index in [1.54, 1.807) is 7.05 Å². The number of para-hydroxylation sites is 2. The molecular formula is C14H15NO2. The van der Waals surface area contributed by atoms with Crippen molar-refractivity contribution in [1.82, 2.24) is 5.32 Å². The van der Waals surface area contributed by atoms with E-state index in [0.29, 0.717) is 5.75 Å². The third-order valence-electron chi connectivity index (χ3n) is 2.46. The molecule has 1 atom stereocenters. The Morgan fingerprint density at radius 1 is 1.00 bits per heavy atom. The number of hydrogen-bond donors (Lipinski definition) is 2. The molecule has 0 saturated heterocycles. The zero-order chi connectivity index (χ0) is 12.1. The van der Waals surface area contributed by atoms with Crippen molar-refractivity contribution in [2.45, 2.75) is 6.23 Å². The molecule has 0 aliphatic carbocycles. The number of rotatable bonds is 4. The zero-order valence-corrected chi connectivity index (χ0v) is 9.63. The lowest BCUT2D eigenvalue weighted by atomic mass is 10.1. The molecule has 0 saturated carbocycles. The van der Waals surface area contributed by atoms with Crippen LogP contribution in [-0.2, 0) is 0 Å². The molecule has 0 aliphatic rings. The van der Waals surface area contributed by atoms with Crippen molar-refractivity contribution in [3.8, 4) is 11.5 Å². The van der Waals surface area contributed by atoms with Crippen LogP contribution in [0.25, 0.3) is 0 Å². The second-order valence-corrected chi connectivity index (χ2v) is 3.64. The second-order valence-electron chi connectivity index (χ2n) is 3.64. The van der Waals surface area contributed by atoms with Gasteiger partial charge in [-0.25, -0.2) is 0 Å². The van der Waals surface area contributed by atoms with E-state index in [1.165, 1.54) is 0 Å². The molecule has 3 heteroatoms. The van der Waals surface area contributed by atoms with Gasteiger partial charge in [0.25, 0.3) is 0 Å². The van der Waals surface area contributed by atoms with Gasteiger partial charge in [0.2, 0.25) is 0 Å². The van der Waals surface area contributed by atoms with Crippen LogP contribution in [0.4, 0.5) is 0 Å². The van der Waals surface area contributed by atoms with Crippen LogP contribution in [0.1, 0.15) is 11.8 Å². The van der Waals surface area contributed by atoms with Gasteiger partial charge in [-0.3, -0.25) is 5.32 Å². The summed E-state index contributed by atoms with van der Waals surface area (Å²) in [5, 5.41) is 12.6. The first-order valence-electron chi connectivity index (χ1n) is 5.48. The molecule has 0 bridgehead atoms. The number of benzene rings is 2. The summed E-state index contributed by atoms with van der Waals surface area (Å²) >= 11 is 0. The second kappa shape index (κ2) is 5.48. The largest absolute Gasteiger partial charge is 0.457 e. The van der Waals surface area contributed by atoms with Crippen LogP contribution >= 0.6 is 0 Å². The maximum Gasteiger partial charge on any atom is 0.134 e. The minimum Gasteiger partial charge on any atom is -0.457 e. The number of nitrogens with one attached hydrogen (secondary N) is 1. The number of aliphatic hydroxyl groups is 1. The first-order valence-corrected chi connectivity index (χ1v) is 5.48. The Morgan fingerprint density at radius 2 is 1.65 bits per heavy atom. The van der Waals surface area contributed by atoms with Gasteiger partial charge >= 0.3 is 0 Å².